The predicted molar refractivity (Wildman–Crippen MR) is 150 cm³/mol. The maximum absolute atomic E-state index is 4.36. The molecular weight excluding hydrogens is 593 g/mol. The second-order valence-electron chi connectivity index (χ2n) is 10.6. The van der Waals surface area contributed by atoms with Crippen LogP contribution in [0, 0.1) is 5.92 Å². The Morgan fingerprint density at radius 1 is 0.706 bits per heavy atom. The van der Waals surface area contributed by atoms with Gasteiger partial charge in [-0.25, -0.2) is 0 Å². The van der Waals surface area contributed by atoms with E-state index in [1.54, 1.807) is 16.7 Å². The third-order valence-corrected chi connectivity index (χ3v) is 32.9. The summed E-state index contributed by atoms with van der Waals surface area (Å²) in [4.78, 5) is 0. The van der Waals surface area contributed by atoms with Crippen molar-refractivity contribution in [1.29, 1.82) is 0 Å². The van der Waals surface area contributed by atoms with Crippen LogP contribution < -0.4 is 3.30 Å². The average Bonchev–Trinajstić information content (AvgIpc) is 3.02. The Kier molecular flexibility index (Phi) is 11.3. The topological polar surface area (TPSA) is 12.0 Å². The summed E-state index contributed by atoms with van der Waals surface area (Å²) in [6.45, 7) is 14.9. The Labute approximate surface area is 218 Å². The van der Waals surface area contributed by atoms with Crippen LogP contribution in [0.25, 0.3) is 11.1 Å². The fourth-order valence-electron chi connectivity index (χ4n) is 5.44. The Morgan fingerprint density at radius 3 is 1.59 bits per heavy atom. The zero-order valence-electron chi connectivity index (χ0n) is 22.5. The molecule has 0 amide bonds. The van der Waals surface area contributed by atoms with E-state index in [0.717, 1.165) is 12.0 Å². The molecule has 1 atom stereocenters. The Morgan fingerprint density at radius 2 is 1.18 bits per heavy atom. The van der Waals surface area contributed by atoms with E-state index in [2.05, 4.69) is 92.6 Å². The Balaban J connectivity index is 0.000000226. The van der Waals surface area contributed by atoms with Gasteiger partial charge in [0.15, 0.2) is 0 Å². The summed E-state index contributed by atoms with van der Waals surface area (Å²) in [6, 6.07) is 21.6. The molecule has 4 rings (SSSR count). The van der Waals surface area contributed by atoms with Crippen molar-refractivity contribution in [3.05, 3.63) is 80.7 Å². The maximum atomic E-state index is 4.36. The summed E-state index contributed by atoms with van der Waals surface area (Å²) < 4.78 is 6.31. The van der Waals surface area contributed by atoms with E-state index in [0.29, 0.717) is 0 Å². The maximum Gasteiger partial charge on any atom is -0.0184 e. The zero-order chi connectivity index (χ0) is 24.5. The average molecular weight is 639 g/mol. The van der Waals surface area contributed by atoms with E-state index in [4.69, 9.17) is 0 Å². The van der Waals surface area contributed by atoms with E-state index >= 15 is 0 Å². The van der Waals surface area contributed by atoms with Crippen molar-refractivity contribution in [2.75, 3.05) is 0 Å². The molecule has 183 valence electrons. The second kappa shape index (κ2) is 13.9. The molecule has 1 unspecified atom stereocenters. The van der Waals surface area contributed by atoms with Crippen LogP contribution in [0.3, 0.4) is 0 Å². The van der Waals surface area contributed by atoms with Gasteiger partial charge in [0.1, 0.15) is 0 Å². The van der Waals surface area contributed by atoms with Crippen molar-refractivity contribution >= 4 is 5.98 Å². The third-order valence-electron chi connectivity index (χ3n) is 7.85. The fourth-order valence-corrected chi connectivity index (χ4v) is 30.2. The molecule has 0 saturated heterocycles. The van der Waals surface area contributed by atoms with Crippen molar-refractivity contribution in [1.82, 2.24) is 3.30 Å². The fraction of sp³-hybridized carbons (Fsp3) is 0.484. The molecule has 3 heteroatoms. The van der Waals surface area contributed by atoms with Gasteiger partial charge >= 0.3 is 148 Å². The molecule has 2 aliphatic rings. The van der Waals surface area contributed by atoms with Crippen molar-refractivity contribution in [2.24, 2.45) is 5.92 Å². The summed E-state index contributed by atoms with van der Waals surface area (Å²) in [6.07, 6.45) is 10.2. The minimum Gasteiger partial charge on any atom is -0.0622 e. The molecule has 1 fully saturated rings. The minimum absolute atomic E-state index is 0.550. The molecule has 2 aliphatic carbocycles. The van der Waals surface area contributed by atoms with Crippen LogP contribution in [0.1, 0.15) is 72.6 Å². The van der Waals surface area contributed by atoms with E-state index in [-0.39, 0.29) is 0 Å². The minimum atomic E-state index is -1.80. The van der Waals surface area contributed by atoms with E-state index in [1.165, 1.54) is 56.1 Å². The van der Waals surface area contributed by atoms with Crippen LogP contribution >= 0.6 is 0 Å². The molecule has 2 aromatic carbocycles. The molecule has 0 radical (unpaired) electrons. The van der Waals surface area contributed by atoms with Crippen molar-refractivity contribution in [3.63, 3.8) is 0 Å². The van der Waals surface area contributed by atoms with Gasteiger partial charge in [0.2, 0.25) is 0 Å². The van der Waals surface area contributed by atoms with Crippen molar-refractivity contribution in [2.45, 2.75) is 91.8 Å². The molecule has 0 bridgehead atoms. The number of benzene rings is 2. The van der Waals surface area contributed by atoms with Crippen LogP contribution in [0.2, 0.25) is 13.1 Å². The molecule has 34 heavy (non-hydrogen) atoms. The monoisotopic (exact) mass is 640 g/mol. The van der Waals surface area contributed by atoms with Crippen LogP contribution in [-0.4, -0.2) is 12.0 Å². The standard InChI is InChI=1S/C12H10.C9H13.C8H16N.C2H7Si.Hf/c1-3-7-11(8-4-1)12-9-5-2-6-10-12;1-6-5-7(2)9(4)8(6)3;9-8-6-4-2-1-3-5-7-8;1-3-2;/h1-10H;6H,1-4H3;8-9H,1-7H2;3H,1-2H3;/q;;-1;;+1. The first-order valence-electron chi connectivity index (χ1n) is 13.5. The third kappa shape index (κ3) is 7.48. The van der Waals surface area contributed by atoms with Gasteiger partial charge < -0.3 is 0 Å². The predicted octanol–water partition coefficient (Wildman–Crippen LogP) is 8.82. The number of rotatable bonds is 5. The first-order chi connectivity index (χ1) is 16.4. The van der Waals surface area contributed by atoms with Crippen LogP contribution in [0.5, 0.6) is 0 Å². The summed E-state index contributed by atoms with van der Waals surface area (Å²) in [5.74, 6) is 0.198. The summed E-state index contributed by atoms with van der Waals surface area (Å²) in [5, 5.41) is 0. The second-order valence-corrected chi connectivity index (χ2v) is 36.0. The number of hydrogen-bond acceptors (Lipinski definition) is 1. The molecule has 0 spiro atoms. The Bertz CT molecular complexity index is 902. The largest absolute Gasteiger partial charge is 0.0622 e. The smallest absolute Gasteiger partial charge is 0.0184 e. The van der Waals surface area contributed by atoms with Gasteiger partial charge in [-0.3, -0.25) is 0 Å². The molecule has 1 saturated carbocycles. The molecule has 0 aromatic heterocycles. The van der Waals surface area contributed by atoms with Gasteiger partial charge in [-0.2, -0.15) is 0 Å². The Hall–Kier alpha value is -1.03. The summed E-state index contributed by atoms with van der Waals surface area (Å²) in [7, 11) is 0. The van der Waals surface area contributed by atoms with Crippen molar-refractivity contribution in [3.8, 4) is 11.1 Å². The molecule has 1 nitrogen and oxygen atoms in total. The van der Waals surface area contributed by atoms with Gasteiger partial charge in [-0.15, -0.1) is 0 Å². The van der Waals surface area contributed by atoms with Gasteiger partial charge in [-0.1, -0.05) is 60.7 Å². The molecular formula is C31H46HfNSi. The van der Waals surface area contributed by atoms with E-state index < -0.39 is 26.9 Å². The zero-order valence-corrected chi connectivity index (χ0v) is 27.2. The van der Waals surface area contributed by atoms with Crippen LogP contribution in [0.4, 0.5) is 0 Å². The van der Waals surface area contributed by atoms with Crippen LogP contribution in [-0.2, 0) is 20.9 Å². The van der Waals surface area contributed by atoms with Gasteiger partial charge in [0.25, 0.3) is 0 Å². The van der Waals surface area contributed by atoms with E-state index in [9.17, 15) is 0 Å². The number of hydrogen-bond donors (Lipinski definition) is 1. The first kappa shape index (κ1) is 27.6. The summed E-state index contributed by atoms with van der Waals surface area (Å²) in [5.41, 5.74) is 7.51. The quantitative estimate of drug-likeness (QED) is 0.323. The first-order valence-corrected chi connectivity index (χ1v) is 26.2. The molecule has 2 aromatic rings. The molecule has 0 heterocycles. The SMILES string of the molecule is CC1=C(C)C(C)[C]([Hf]([NH]C2CCCCCCC2)[SiH](C)C)=C1C.c1ccc(-c2ccccc2)cc1. The molecule has 1 N–H and O–H groups in total. The van der Waals surface area contributed by atoms with Gasteiger partial charge in [0, 0.05) is 0 Å². The van der Waals surface area contributed by atoms with E-state index in [1.807, 2.05) is 15.5 Å². The number of allylic oxidation sites excluding steroid dienone is 4. The molecule has 0 aliphatic heterocycles. The van der Waals surface area contributed by atoms with Crippen molar-refractivity contribution < 1.29 is 20.9 Å². The van der Waals surface area contributed by atoms with Gasteiger partial charge in [-0.05, 0) is 11.1 Å². The summed E-state index contributed by atoms with van der Waals surface area (Å²) >= 11 is -1.80. The normalized spacial score (nSPS) is 19.6. The van der Waals surface area contributed by atoms with Crippen LogP contribution in [0.15, 0.2) is 80.7 Å². The number of nitrogens with one attached hydrogen (secondary N) is 1. The van der Waals surface area contributed by atoms with Gasteiger partial charge in [0.05, 0.1) is 0 Å².